The summed E-state index contributed by atoms with van der Waals surface area (Å²) in [5, 5.41) is 19.1. The van der Waals surface area contributed by atoms with E-state index in [9.17, 15) is 19.8 Å². The maximum absolute atomic E-state index is 11.7. The molecule has 0 saturated carbocycles. The van der Waals surface area contributed by atoms with E-state index in [1.807, 2.05) is 30.3 Å². The lowest BCUT2D eigenvalue weighted by atomic mass is 9.81. The van der Waals surface area contributed by atoms with Gasteiger partial charge in [0.15, 0.2) is 5.41 Å². The Bertz CT molecular complexity index is 727. The molecular weight excluding hydrogens is 334 g/mol. The summed E-state index contributed by atoms with van der Waals surface area (Å²) in [5.41, 5.74) is -0.224. The van der Waals surface area contributed by atoms with Crippen molar-refractivity contribution in [3.63, 3.8) is 0 Å². The number of benzene rings is 2. The van der Waals surface area contributed by atoms with Crippen LogP contribution in [0.25, 0.3) is 0 Å². The third-order valence-corrected chi connectivity index (χ3v) is 4.08. The lowest BCUT2D eigenvalue weighted by molar-refractivity contribution is -0.165. The summed E-state index contributed by atoms with van der Waals surface area (Å²) in [7, 11) is 3.31. The second-order valence-electron chi connectivity index (χ2n) is 6.53. The molecule has 0 fully saturated rings. The Morgan fingerprint density at radius 3 is 2.00 bits per heavy atom. The van der Waals surface area contributed by atoms with Gasteiger partial charge in [-0.3, -0.25) is 9.59 Å². The minimum atomic E-state index is -1.89. The molecule has 0 radical (unpaired) electrons. The van der Waals surface area contributed by atoms with Crippen LogP contribution < -0.4 is 4.74 Å². The predicted octanol–water partition coefficient (Wildman–Crippen LogP) is 2.53. The van der Waals surface area contributed by atoms with Crippen LogP contribution in [0.1, 0.15) is 11.1 Å². The Morgan fingerprint density at radius 2 is 1.50 bits per heavy atom. The van der Waals surface area contributed by atoms with Crippen molar-refractivity contribution in [2.24, 2.45) is 5.41 Å². The fourth-order valence-electron chi connectivity index (χ4n) is 2.77. The largest absolute Gasteiger partial charge is 0.489 e. The first kappa shape index (κ1) is 19.5. The molecule has 0 aliphatic carbocycles. The van der Waals surface area contributed by atoms with Gasteiger partial charge >= 0.3 is 11.9 Å². The zero-order chi connectivity index (χ0) is 19.2. The molecule has 0 unspecified atom stereocenters. The highest BCUT2D eigenvalue weighted by atomic mass is 16.5. The molecule has 6 heteroatoms. The van der Waals surface area contributed by atoms with Crippen LogP contribution in [0.2, 0.25) is 0 Å². The number of hydrogen-bond donors (Lipinski definition) is 2. The van der Waals surface area contributed by atoms with E-state index >= 15 is 0 Å². The molecule has 26 heavy (non-hydrogen) atoms. The van der Waals surface area contributed by atoms with Crippen LogP contribution >= 0.6 is 0 Å². The second kappa shape index (κ2) is 8.49. The zero-order valence-electron chi connectivity index (χ0n) is 14.9. The van der Waals surface area contributed by atoms with Crippen molar-refractivity contribution in [2.75, 3.05) is 20.6 Å². The summed E-state index contributed by atoms with van der Waals surface area (Å²) in [5.74, 6) is -2.05. The van der Waals surface area contributed by atoms with E-state index in [0.29, 0.717) is 17.9 Å². The molecule has 0 spiro atoms. The van der Waals surface area contributed by atoms with Gasteiger partial charge in [-0.25, -0.2) is 0 Å². The number of ether oxygens (including phenoxy) is 1. The predicted molar refractivity (Wildman–Crippen MR) is 97.2 cm³/mol. The van der Waals surface area contributed by atoms with E-state index in [0.717, 1.165) is 5.56 Å². The number of carbonyl (C=O) groups is 2. The first-order valence-electron chi connectivity index (χ1n) is 8.21. The first-order chi connectivity index (χ1) is 12.3. The van der Waals surface area contributed by atoms with E-state index in [2.05, 4.69) is 0 Å². The Kier molecular flexibility index (Phi) is 6.36. The monoisotopic (exact) mass is 357 g/mol. The van der Waals surface area contributed by atoms with Gasteiger partial charge in [0.25, 0.3) is 0 Å². The Hall–Kier alpha value is -2.86. The molecule has 0 saturated heterocycles. The maximum atomic E-state index is 11.7. The fourth-order valence-corrected chi connectivity index (χ4v) is 2.77. The van der Waals surface area contributed by atoms with E-state index in [1.165, 1.54) is 0 Å². The molecule has 138 valence electrons. The van der Waals surface area contributed by atoms with Gasteiger partial charge in [-0.05, 0) is 37.4 Å². The lowest BCUT2D eigenvalue weighted by Crippen LogP contribution is -2.48. The molecule has 0 aliphatic rings. The maximum Gasteiger partial charge on any atom is 0.322 e. The third kappa shape index (κ3) is 4.83. The van der Waals surface area contributed by atoms with Crippen LogP contribution in [0.4, 0.5) is 0 Å². The molecule has 0 aromatic heterocycles. The van der Waals surface area contributed by atoms with E-state index in [1.54, 1.807) is 43.3 Å². The first-order valence-corrected chi connectivity index (χ1v) is 8.21. The third-order valence-electron chi connectivity index (χ3n) is 4.08. The number of hydrogen-bond acceptors (Lipinski definition) is 4. The normalized spacial score (nSPS) is 11.3. The van der Waals surface area contributed by atoms with Gasteiger partial charge in [0, 0.05) is 13.0 Å². The van der Waals surface area contributed by atoms with E-state index in [4.69, 9.17) is 4.74 Å². The standard InChI is InChI=1S/C20H23NO5/c1-21(2)14-20(18(22)23,19(24)25)12-15-8-10-17(11-9-15)26-13-16-6-4-3-5-7-16/h3-11H,12-14H2,1-2H3,(H,22,23)(H,24,25). The molecule has 2 aromatic carbocycles. The average Bonchev–Trinajstić information content (AvgIpc) is 2.60. The number of aliphatic carboxylic acids is 2. The molecule has 2 N–H and O–H groups in total. The fraction of sp³-hybridized carbons (Fsp3) is 0.300. The number of carboxylic acids is 2. The van der Waals surface area contributed by atoms with Gasteiger partial charge in [0.2, 0.25) is 0 Å². The van der Waals surface area contributed by atoms with Crippen molar-refractivity contribution in [3.05, 3.63) is 65.7 Å². The molecular formula is C20H23NO5. The molecule has 0 heterocycles. The van der Waals surface area contributed by atoms with Crippen molar-refractivity contribution in [1.29, 1.82) is 0 Å². The lowest BCUT2D eigenvalue weighted by Gasteiger charge is -2.28. The molecule has 2 rings (SSSR count). The van der Waals surface area contributed by atoms with E-state index in [-0.39, 0.29) is 13.0 Å². The van der Waals surface area contributed by atoms with E-state index < -0.39 is 17.4 Å². The van der Waals surface area contributed by atoms with Crippen molar-refractivity contribution in [2.45, 2.75) is 13.0 Å². The van der Waals surface area contributed by atoms with Gasteiger partial charge in [0.05, 0.1) is 0 Å². The summed E-state index contributed by atoms with van der Waals surface area (Å²) < 4.78 is 5.70. The Morgan fingerprint density at radius 1 is 0.923 bits per heavy atom. The van der Waals surface area contributed by atoms with Crippen LogP contribution in [0.15, 0.2) is 54.6 Å². The van der Waals surface area contributed by atoms with Crippen molar-refractivity contribution >= 4 is 11.9 Å². The quantitative estimate of drug-likeness (QED) is 0.671. The minimum Gasteiger partial charge on any atom is -0.489 e. The van der Waals surface area contributed by atoms with Crippen molar-refractivity contribution in [3.8, 4) is 5.75 Å². The Balaban J connectivity index is 2.10. The number of rotatable bonds is 9. The molecule has 6 nitrogen and oxygen atoms in total. The highest BCUT2D eigenvalue weighted by Gasteiger charge is 2.47. The number of nitrogens with zero attached hydrogens (tertiary/aromatic N) is 1. The molecule has 0 atom stereocenters. The van der Waals surface area contributed by atoms with Gasteiger partial charge in [0.1, 0.15) is 12.4 Å². The van der Waals surface area contributed by atoms with Crippen LogP contribution in [0.5, 0.6) is 5.75 Å². The highest BCUT2D eigenvalue weighted by molar-refractivity contribution is 5.98. The van der Waals surface area contributed by atoms with Crippen LogP contribution in [0.3, 0.4) is 0 Å². The van der Waals surface area contributed by atoms with Gasteiger partial charge < -0.3 is 19.8 Å². The summed E-state index contributed by atoms with van der Waals surface area (Å²) in [6.45, 7) is 0.332. The molecule has 2 aromatic rings. The van der Waals surface area contributed by atoms with Crippen molar-refractivity contribution < 1.29 is 24.5 Å². The molecule has 0 amide bonds. The van der Waals surface area contributed by atoms with Crippen LogP contribution in [-0.2, 0) is 22.6 Å². The molecule has 0 bridgehead atoms. The minimum absolute atomic E-state index is 0.0933. The van der Waals surface area contributed by atoms with Gasteiger partial charge in [-0.15, -0.1) is 0 Å². The van der Waals surface area contributed by atoms with Crippen LogP contribution in [-0.4, -0.2) is 47.7 Å². The summed E-state index contributed by atoms with van der Waals surface area (Å²) in [6.07, 6.45) is -0.102. The second-order valence-corrected chi connectivity index (χ2v) is 6.53. The molecule has 0 aliphatic heterocycles. The van der Waals surface area contributed by atoms with Gasteiger partial charge in [-0.2, -0.15) is 0 Å². The van der Waals surface area contributed by atoms with Crippen LogP contribution in [0, 0.1) is 5.41 Å². The smallest absolute Gasteiger partial charge is 0.322 e. The van der Waals surface area contributed by atoms with Gasteiger partial charge in [-0.1, -0.05) is 42.5 Å². The zero-order valence-corrected chi connectivity index (χ0v) is 14.9. The van der Waals surface area contributed by atoms with Crippen molar-refractivity contribution in [1.82, 2.24) is 4.90 Å². The summed E-state index contributed by atoms with van der Waals surface area (Å²) >= 11 is 0. The average molecular weight is 357 g/mol. The summed E-state index contributed by atoms with van der Waals surface area (Å²) in [6, 6.07) is 16.6. The Labute approximate surface area is 152 Å². The summed E-state index contributed by atoms with van der Waals surface area (Å²) in [4.78, 5) is 25.0. The topological polar surface area (TPSA) is 87.1 Å². The number of carboxylic acid groups (broad SMARTS) is 2. The highest BCUT2D eigenvalue weighted by Crippen LogP contribution is 2.26. The SMILES string of the molecule is CN(C)CC(Cc1ccc(OCc2ccccc2)cc1)(C(=O)O)C(=O)O.